The molecule has 1 aromatic carbocycles. The van der Waals surface area contributed by atoms with E-state index in [-0.39, 0.29) is 17.5 Å². The summed E-state index contributed by atoms with van der Waals surface area (Å²) in [4.78, 5) is 10.7. The van der Waals surface area contributed by atoms with E-state index < -0.39 is 11.7 Å². The van der Waals surface area contributed by atoms with Gasteiger partial charge < -0.3 is 0 Å². The van der Waals surface area contributed by atoms with E-state index in [1.807, 2.05) is 4.90 Å². The lowest BCUT2D eigenvalue weighted by molar-refractivity contribution is -0.137. The van der Waals surface area contributed by atoms with E-state index >= 15 is 0 Å². The second-order valence-corrected chi connectivity index (χ2v) is 10.7. The SMILES string of the molecule is FC(F)(F)c1cccc(N2C(=S)C3(CCCCC3)[C@H](N3CCCC3)C2=NC2CCCCC2)c1. The lowest BCUT2D eigenvalue weighted by Crippen LogP contribution is -2.50. The average Bonchev–Trinajstić information content (AvgIpc) is 3.41. The van der Waals surface area contributed by atoms with Crippen LogP contribution >= 0.6 is 12.2 Å². The van der Waals surface area contributed by atoms with E-state index in [1.54, 1.807) is 6.07 Å². The van der Waals surface area contributed by atoms with Crippen LogP contribution < -0.4 is 4.90 Å². The van der Waals surface area contributed by atoms with E-state index in [2.05, 4.69) is 4.90 Å². The topological polar surface area (TPSA) is 18.8 Å². The van der Waals surface area contributed by atoms with E-state index in [1.165, 1.54) is 50.7 Å². The van der Waals surface area contributed by atoms with E-state index in [4.69, 9.17) is 17.2 Å². The van der Waals surface area contributed by atoms with Crippen molar-refractivity contribution in [2.75, 3.05) is 18.0 Å². The van der Waals surface area contributed by atoms with Gasteiger partial charge in [0.15, 0.2) is 0 Å². The molecule has 1 spiro atoms. The highest BCUT2D eigenvalue weighted by Crippen LogP contribution is 2.51. The zero-order chi connectivity index (χ0) is 23.1. The van der Waals surface area contributed by atoms with Crippen LogP contribution in [0.2, 0.25) is 0 Å². The molecular weight excluding hydrogens is 443 g/mol. The van der Waals surface area contributed by atoms with Crippen LogP contribution in [0.3, 0.4) is 0 Å². The molecule has 7 heteroatoms. The molecule has 0 radical (unpaired) electrons. The molecule has 2 saturated heterocycles. The summed E-state index contributed by atoms with van der Waals surface area (Å²) in [6.07, 6.45) is 9.14. The smallest absolute Gasteiger partial charge is 0.293 e. The molecule has 4 fully saturated rings. The molecule has 0 unspecified atom stereocenters. The lowest BCUT2D eigenvalue weighted by Gasteiger charge is -2.41. The molecule has 3 nitrogen and oxygen atoms in total. The Morgan fingerprint density at radius 1 is 0.909 bits per heavy atom. The summed E-state index contributed by atoms with van der Waals surface area (Å²) in [5.74, 6) is 0.926. The Kier molecular flexibility index (Phi) is 6.55. The van der Waals surface area contributed by atoms with Crippen molar-refractivity contribution in [2.45, 2.75) is 95.3 Å². The van der Waals surface area contributed by atoms with Gasteiger partial charge in [0.1, 0.15) is 5.84 Å². The maximum atomic E-state index is 13.6. The maximum absolute atomic E-state index is 13.6. The molecule has 0 amide bonds. The molecule has 5 rings (SSSR count). The fourth-order valence-electron chi connectivity index (χ4n) is 6.59. The molecule has 0 aromatic heterocycles. The van der Waals surface area contributed by atoms with Gasteiger partial charge in [-0.2, -0.15) is 13.2 Å². The fourth-order valence-corrected chi connectivity index (χ4v) is 7.11. The normalized spacial score (nSPS) is 28.3. The molecule has 33 heavy (non-hydrogen) atoms. The lowest BCUT2D eigenvalue weighted by atomic mass is 9.70. The predicted octanol–water partition coefficient (Wildman–Crippen LogP) is 7.00. The molecule has 2 saturated carbocycles. The van der Waals surface area contributed by atoms with Crippen LogP contribution in [-0.4, -0.2) is 40.9 Å². The third-order valence-corrected chi connectivity index (χ3v) is 8.79. The van der Waals surface area contributed by atoms with Crippen LogP contribution in [0.25, 0.3) is 0 Å². The Labute approximate surface area is 200 Å². The Morgan fingerprint density at radius 2 is 1.58 bits per heavy atom. The van der Waals surface area contributed by atoms with Gasteiger partial charge in [-0.25, -0.2) is 0 Å². The highest BCUT2D eigenvalue weighted by molar-refractivity contribution is 7.80. The van der Waals surface area contributed by atoms with Gasteiger partial charge in [0, 0.05) is 11.1 Å². The minimum absolute atomic E-state index is 0.0873. The largest absolute Gasteiger partial charge is 0.416 e. The molecular formula is C26H34F3N3S. The summed E-state index contributed by atoms with van der Waals surface area (Å²) in [6, 6.07) is 6.04. The number of anilines is 1. The van der Waals surface area contributed by atoms with Crippen molar-refractivity contribution < 1.29 is 13.2 Å². The van der Waals surface area contributed by atoms with E-state index in [0.717, 1.165) is 68.5 Å². The van der Waals surface area contributed by atoms with E-state index in [9.17, 15) is 13.2 Å². The first-order valence-electron chi connectivity index (χ1n) is 12.7. The van der Waals surface area contributed by atoms with Gasteiger partial charge in [0.2, 0.25) is 0 Å². The zero-order valence-electron chi connectivity index (χ0n) is 19.2. The number of alkyl halides is 3. The first kappa shape index (κ1) is 23.3. The summed E-state index contributed by atoms with van der Waals surface area (Å²) in [5, 5.41) is 0. The van der Waals surface area contributed by atoms with Crippen molar-refractivity contribution in [2.24, 2.45) is 10.4 Å². The van der Waals surface area contributed by atoms with Gasteiger partial charge in [0.05, 0.1) is 22.6 Å². The van der Waals surface area contributed by atoms with Crippen molar-refractivity contribution in [3.8, 4) is 0 Å². The Bertz CT molecular complexity index is 894. The summed E-state index contributed by atoms with van der Waals surface area (Å²) >= 11 is 6.19. The number of aliphatic imine (C=N–C) groups is 1. The molecule has 2 aliphatic heterocycles. The minimum Gasteiger partial charge on any atom is -0.293 e. The number of hydrogen-bond donors (Lipinski definition) is 0. The average molecular weight is 478 g/mol. The number of benzene rings is 1. The molecule has 2 aliphatic carbocycles. The fraction of sp³-hybridized carbons (Fsp3) is 0.692. The Hall–Kier alpha value is -1.47. The first-order valence-corrected chi connectivity index (χ1v) is 13.1. The van der Waals surface area contributed by atoms with Crippen molar-refractivity contribution in [1.29, 1.82) is 0 Å². The third-order valence-electron chi connectivity index (χ3n) is 8.20. The predicted molar refractivity (Wildman–Crippen MR) is 131 cm³/mol. The van der Waals surface area contributed by atoms with Crippen molar-refractivity contribution in [1.82, 2.24) is 4.90 Å². The summed E-state index contributed by atoms with van der Waals surface area (Å²) in [6.45, 7) is 2.05. The molecule has 1 aromatic rings. The Balaban J connectivity index is 1.64. The quantitative estimate of drug-likeness (QED) is 0.437. The Morgan fingerprint density at radius 3 is 2.24 bits per heavy atom. The number of amidine groups is 1. The first-order chi connectivity index (χ1) is 15.9. The highest BCUT2D eigenvalue weighted by Gasteiger charge is 2.58. The maximum Gasteiger partial charge on any atom is 0.416 e. The standard InChI is InChI=1S/C26H34F3N3S/c27-26(28,29)19-10-9-13-21(18-19)32-23(30-20-11-3-1-4-12-20)22(31-16-7-8-17-31)25(24(32)33)14-5-2-6-15-25/h9-10,13,18,20,22H,1-8,11-12,14-17H2/t22-/m1/s1. The van der Waals surface area contributed by atoms with E-state index in [0.29, 0.717) is 5.69 Å². The molecule has 0 bridgehead atoms. The van der Waals surface area contributed by atoms with Crippen molar-refractivity contribution >= 4 is 28.7 Å². The second kappa shape index (κ2) is 9.29. The number of rotatable bonds is 3. The molecule has 1 atom stereocenters. The second-order valence-electron chi connectivity index (χ2n) is 10.3. The van der Waals surface area contributed by atoms with Crippen LogP contribution in [0.4, 0.5) is 18.9 Å². The van der Waals surface area contributed by atoms with Crippen molar-refractivity contribution in [3.63, 3.8) is 0 Å². The number of nitrogens with zero attached hydrogens (tertiary/aromatic N) is 3. The van der Waals surface area contributed by atoms with Gasteiger partial charge in [0.25, 0.3) is 0 Å². The van der Waals surface area contributed by atoms with Gasteiger partial charge in [-0.3, -0.25) is 14.8 Å². The summed E-state index contributed by atoms with van der Waals surface area (Å²) < 4.78 is 40.8. The zero-order valence-corrected chi connectivity index (χ0v) is 20.1. The monoisotopic (exact) mass is 477 g/mol. The van der Waals surface area contributed by atoms with Gasteiger partial charge in [-0.15, -0.1) is 0 Å². The van der Waals surface area contributed by atoms with Gasteiger partial charge in [-0.05, 0) is 69.8 Å². The summed E-state index contributed by atoms with van der Waals surface area (Å²) in [7, 11) is 0. The van der Waals surface area contributed by atoms with Crippen molar-refractivity contribution in [3.05, 3.63) is 29.8 Å². The summed E-state index contributed by atoms with van der Waals surface area (Å²) in [5.41, 5.74) is -0.294. The van der Waals surface area contributed by atoms with Crippen LogP contribution in [0, 0.1) is 5.41 Å². The molecule has 4 aliphatic rings. The third kappa shape index (κ3) is 4.36. The number of likely N-dealkylation sites (tertiary alicyclic amines) is 1. The van der Waals surface area contributed by atoms with Crippen LogP contribution in [0.15, 0.2) is 29.3 Å². The number of thiocarbonyl (C=S) groups is 1. The van der Waals surface area contributed by atoms with Gasteiger partial charge in [-0.1, -0.05) is 56.8 Å². The minimum atomic E-state index is -4.38. The van der Waals surface area contributed by atoms with Crippen LogP contribution in [0.1, 0.15) is 82.6 Å². The van der Waals surface area contributed by atoms with Crippen LogP contribution in [-0.2, 0) is 6.18 Å². The molecule has 180 valence electrons. The number of hydrogen-bond acceptors (Lipinski definition) is 3. The highest BCUT2D eigenvalue weighted by atomic mass is 32.1. The molecule has 2 heterocycles. The molecule has 0 N–H and O–H groups in total. The van der Waals surface area contributed by atoms with Gasteiger partial charge >= 0.3 is 6.18 Å². The van der Waals surface area contributed by atoms with Crippen LogP contribution in [0.5, 0.6) is 0 Å². The number of halogens is 3.